The van der Waals surface area contributed by atoms with E-state index in [1.807, 2.05) is 6.92 Å². The maximum absolute atomic E-state index is 11.5. The fourth-order valence-electron chi connectivity index (χ4n) is 3.25. The number of rotatable bonds is 4. The van der Waals surface area contributed by atoms with Crippen LogP contribution < -0.4 is 0 Å². The predicted octanol–water partition coefficient (Wildman–Crippen LogP) is 3.98. The number of carboxylic acids is 1. The van der Waals surface area contributed by atoms with Crippen molar-refractivity contribution in [3.05, 3.63) is 35.2 Å². The summed E-state index contributed by atoms with van der Waals surface area (Å²) in [4.78, 5) is 13.9. The van der Waals surface area contributed by atoms with Crippen molar-refractivity contribution in [2.24, 2.45) is 5.41 Å². The molecule has 2 heterocycles. The van der Waals surface area contributed by atoms with E-state index in [2.05, 4.69) is 34.5 Å². The second-order valence-electron chi connectivity index (χ2n) is 5.97. The molecule has 4 heteroatoms. The molecule has 0 spiro atoms. The van der Waals surface area contributed by atoms with Gasteiger partial charge in [-0.3, -0.25) is 9.69 Å². The highest BCUT2D eigenvalue weighted by Crippen LogP contribution is 2.36. The standard InChI is InChI=1S/C17H21NO2S/c1-2-17(16(19)20)7-9-18(10-8-17)11-13-12-21-15-6-4-3-5-14(13)15/h3-6,12H,2,7-11H2,1H3,(H,19,20). The topological polar surface area (TPSA) is 40.5 Å². The van der Waals surface area contributed by atoms with Gasteiger partial charge in [0.1, 0.15) is 0 Å². The largest absolute Gasteiger partial charge is 0.481 e. The van der Waals surface area contributed by atoms with Gasteiger partial charge in [-0.05, 0) is 54.7 Å². The molecule has 2 aromatic rings. The lowest BCUT2D eigenvalue weighted by Gasteiger charge is -2.38. The van der Waals surface area contributed by atoms with Gasteiger partial charge in [-0.25, -0.2) is 0 Å². The summed E-state index contributed by atoms with van der Waals surface area (Å²) in [5, 5.41) is 13.0. The van der Waals surface area contributed by atoms with Crippen molar-refractivity contribution >= 4 is 27.4 Å². The summed E-state index contributed by atoms with van der Waals surface area (Å²) in [7, 11) is 0. The van der Waals surface area contributed by atoms with Gasteiger partial charge in [-0.15, -0.1) is 11.3 Å². The van der Waals surface area contributed by atoms with Crippen molar-refractivity contribution in [2.45, 2.75) is 32.7 Å². The minimum atomic E-state index is -0.620. The monoisotopic (exact) mass is 303 g/mol. The molecule has 1 aliphatic heterocycles. The molecule has 0 aliphatic carbocycles. The molecule has 1 saturated heterocycles. The highest BCUT2D eigenvalue weighted by atomic mass is 32.1. The first-order valence-corrected chi connectivity index (χ1v) is 8.43. The molecule has 1 aliphatic rings. The normalized spacial score (nSPS) is 18.9. The van der Waals surface area contributed by atoms with Crippen LogP contribution in [0.15, 0.2) is 29.6 Å². The van der Waals surface area contributed by atoms with Gasteiger partial charge in [-0.1, -0.05) is 25.1 Å². The van der Waals surface area contributed by atoms with Gasteiger partial charge in [0.05, 0.1) is 5.41 Å². The Labute approximate surface area is 129 Å². The maximum Gasteiger partial charge on any atom is 0.309 e. The van der Waals surface area contributed by atoms with Gasteiger partial charge in [0.25, 0.3) is 0 Å². The summed E-state index contributed by atoms with van der Waals surface area (Å²) in [6.45, 7) is 4.69. The number of hydrogen-bond donors (Lipinski definition) is 1. The van der Waals surface area contributed by atoms with Crippen LogP contribution in [0.2, 0.25) is 0 Å². The number of thiophene rings is 1. The zero-order valence-corrected chi connectivity index (χ0v) is 13.2. The highest BCUT2D eigenvalue weighted by molar-refractivity contribution is 7.17. The third kappa shape index (κ3) is 2.70. The van der Waals surface area contributed by atoms with E-state index < -0.39 is 11.4 Å². The zero-order valence-electron chi connectivity index (χ0n) is 12.3. The second-order valence-corrected chi connectivity index (χ2v) is 6.88. The van der Waals surface area contributed by atoms with Crippen LogP contribution in [0.3, 0.4) is 0 Å². The van der Waals surface area contributed by atoms with Crippen molar-refractivity contribution < 1.29 is 9.90 Å². The minimum Gasteiger partial charge on any atom is -0.481 e. The number of nitrogens with zero attached hydrogens (tertiary/aromatic N) is 1. The summed E-state index contributed by atoms with van der Waals surface area (Å²) in [5.74, 6) is -0.620. The van der Waals surface area contributed by atoms with E-state index in [4.69, 9.17) is 0 Å². The Morgan fingerprint density at radius 2 is 2.05 bits per heavy atom. The van der Waals surface area contributed by atoms with Crippen molar-refractivity contribution in [2.75, 3.05) is 13.1 Å². The molecule has 0 unspecified atom stereocenters. The molecule has 0 saturated carbocycles. The molecule has 1 aromatic carbocycles. The lowest BCUT2D eigenvalue weighted by Crippen LogP contribution is -2.43. The summed E-state index contributed by atoms with van der Waals surface area (Å²) < 4.78 is 1.33. The van der Waals surface area contributed by atoms with E-state index in [1.54, 1.807) is 11.3 Å². The minimum absolute atomic E-state index is 0.493. The molecule has 0 amide bonds. The molecule has 3 nitrogen and oxygen atoms in total. The Morgan fingerprint density at radius 1 is 1.33 bits per heavy atom. The Morgan fingerprint density at radius 3 is 2.71 bits per heavy atom. The molecule has 112 valence electrons. The molecule has 0 bridgehead atoms. The van der Waals surface area contributed by atoms with Crippen LogP contribution in [0.25, 0.3) is 10.1 Å². The molecule has 1 fully saturated rings. The second kappa shape index (κ2) is 5.78. The Balaban J connectivity index is 1.69. The predicted molar refractivity (Wildman–Crippen MR) is 86.7 cm³/mol. The van der Waals surface area contributed by atoms with E-state index in [-0.39, 0.29) is 0 Å². The van der Waals surface area contributed by atoms with E-state index >= 15 is 0 Å². The van der Waals surface area contributed by atoms with E-state index in [0.29, 0.717) is 0 Å². The third-order valence-electron chi connectivity index (χ3n) is 4.90. The molecular formula is C17H21NO2S. The zero-order chi connectivity index (χ0) is 14.9. The number of carbonyl (C=O) groups is 1. The summed E-state index contributed by atoms with van der Waals surface area (Å²) in [6.07, 6.45) is 2.26. The van der Waals surface area contributed by atoms with Gasteiger partial charge in [0.15, 0.2) is 0 Å². The molecule has 1 N–H and O–H groups in total. The first-order chi connectivity index (χ1) is 10.1. The number of likely N-dealkylation sites (tertiary alicyclic amines) is 1. The lowest BCUT2D eigenvalue weighted by molar-refractivity contribution is -0.152. The van der Waals surface area contributed by atoms with Gasteiger partial charge < -0.3 is 5.11 Å². The van der Waals surface area contributed by atoms with Gasteiger partial charge >= 0.3 is 5.97 Å². The molecule has 1 aromatic heterocycles. The van der Waals surface area contributed by atoms with E-state index in [9.17, 15) is 9.90 Å². The fourth-order valence-corrected chi connectivity index (χ4v) is 4.21. The van der Waals surface area contributed by atoms with Crippen LogP contribution in [-0.2, 0) is 11.3 Å². The highest BCUT2D eigenvalue weighted by Gasteiger charge is 2.39. The average Bonchev–Trinajstić information content (AvgIpc) is 2.91. The average molecular weight is 303 g/mol. The van der Waals surface area contributed by atoms with Crippen LogP contribution in [0, 0.1) is 5.41 Å². The van der Waals surface area contributed by atoms with Crippen molar-refractivity contribution in [3.63, 3.8) is 0 Å². The lowest BCUT2D eigenvalue weighted by atomic mass is 9.76. The Kier molecular flexibility index (Phi) is 4.00. The van der Waals surface area contributed by atoms with Crippen LogP contribution in [0.1, 0.15) is 31.7 Å². The van der Waals surface area contributed by atoms with Crippen LogP contribution in [-0.4, -0.2) is 29.1 Å². The maximum atomic E-state index is 11.5. The quantitative estimate of drug-likeness (QED) is 0.929. The molecule has 0 radical (unpaired) electrons. The van der Waals surface area contributed by atoms with Gasteiger partial charge in [0, 0.05) is 11.2 Å². The number of piperidine rings is 1. The first kappa shape index (κ1) is 14.5. The fraction of sp³-hybridized carbons (Fsp3) is 0.471. The summed E-state index contributed by atoms with van der Waals surface area (Å²) >= 11 is 1.79. The van der Waals surface area contributed by atoms with Crippen molar-refractivity contribution in [1.29, 1.82) is 0 Å². The summed E-state index contributed by atoms with van der Waals surface area (Å²) in [6, 6.07) is 8.50. The van der Waals surface area contributed by atoms with E-state index in [1.165, 1.54) is 15.6 Å². The molecule has 0 atom stereocenters. The Hall–Kier alpha value is -1.39. The SMILES string of the molecule is CCC1(C(=O)O)CCN(Cc2csc3ccccc23)CC1. The number of hydrogen-bond acceptors (Lipinski definition) is 3. The van der Waals surface area contributed by atoms with Crippen LogP contribution in [0.5, 0.6) is 0 Å². The smallest absolute Gasteiger partial charge is 0.309 e. The van der Waals surface area contributed by atoms with E-state index in [0.717, 1.165) is 38.9 Å². The third-order valence-corrected chi connectivity index (χ3v) is 5.91. The molecule has 21 heavy (non-hydrogen) atoms. The van der Waals surface area contributed by atoms with Crippen LogP contribution in [0.4, 0.5) is 0 Å². The number of aliphatic carboxylic acids is 1. The first-order valence-electron chi connectivity index (χ1n) is 7.55. The van der Waals surface area contributed by atoms with Crippen molar-refractivity contribution in [1.82, 2.24) is 4.90 Å². The van der Waals surface area contributed by atoms with Gasteiger partial charge in [0.2, 0.25) is 0 Å². The molecule has 3 rings (SSSR count). The summed E-state index contributed by atoms with van der Waals surface area (Å²) in [5.41, 5.74) is 0.877. The number of fused-ring (bicyclic) bond motifs is 1. The van der Waals surface area contributed by atoms with Crippen LogP contribution >= 0.6 is 11.3 Å². The number of carboxylic acid groups (broad SMARTS) is 1. The Bertz CT molecular complexity index is 641. The molecular weight excluding hydrogens is 282 g/mol. The number of benzene rings is 1. The van der Waals surface area contributed by atoms with Crippen molar-refractivity contribution in [3.8, 4) is 0 Å². The van der Waals surface area contributed by atoms with Gasteiger partial charge in [-0.2, -0.15) is 0 Å².